The molecule has 1 heterocycles. The predicted molar refractivity (Wildman–Crippen MR) is 64.1 cm³/mol. The van der Waals surface area contributed by atoms with Gasteiger partial charge in [0.25, 0.3) is 0 Å². The van der Waals surface area contributed by atoms with Crippen LogP contribution in [0.2, 0.25) is 0 Å². The van der Waals surface area contributed by atoms with E-state index in [1.165, 1.54) is 6.07 Å². The van der Waals surface area contributed by atoms with Crippen LogP contribution in [0.3, 0.4) is 0 Å². The molecule has 2 rings (SSSR count). The Labute approximate surface area is 103 Å². The van der Waals surface area contributed by atoms with Gasteiger partial charge in [0.2, 0.25) is 5.91 Å². The van der Waals surface area contributed by atoms with Gasteiger partial charge in [-0.05, 0) is 23.8 Å². The van der Waals surface area contributed by atoms with Crippen molar-refractivity contribution in [3.63, 3.8) is 0 Å². The standard InChI is InChI=1S/C13H12F2N2O/c1-17-6-5-9(8-17)7-12(18)16-13-10(14)3-2-4-11(13)15/h2-6,8H,7H2,1H3,(H,16,18). The predicted octanol–water partition coefficient (Wildman–Crippen LogP) is 2.48. The average molecular weight is 250 g/mol. The number of carbonyl (C=O) groups is 1. The van der Waals surface area contributed by atoms with Crippen LogP contribution in [0.25, 0.3) is 0 Å². The van der Waals surface area contributed by atoms with Crippen LogP contribution < -0.4 is 5.32 Å². The smallest absolute Gasteiger partial charge is 0.229 e. The minimum absolute atomic E-state index is 0.0780. The monoisotopic (exact) mass is 250 g/mol. The number of amides is 1. The van der Waals surface area contributed by atoms with Gasteiger partial charge in [-0.3, -0.25) is 4.79 Å². The third-order valence-corrected chi connectivity index (χ3v) is 2.49. The van der Waals surface area contributed by atoms with Gasteiger partial charge in [-0.2, -0.15) is 0 Å². The Bertz CT molecular complexity index is 558. The summed E-state index contributed by atoms with van der Waals surface area (Å²) in [6.45, 7) is 0. The largest absolute Gasteiger partial charge is 0.357 e. The van der Waals surface area contributed by atoms with Crippen LogP contribution in [0.1, 0.15) is 5.56 Å². The van der Waals surface area contributed by atoms with Crippen molar-refractivity contribution in [1.82, 2.24) is 4.57 Å². The highest BCUT2D eigenvalue weighted by Crippen LogP contribution is 2.18. The maximum atomic E-state index is 13.3. The fraction of sp³-hybridized carbons (Fsp3) is 0.154. The number of para-hydroxylation sites is 1. The molecule has 94 valence electrons. The number of rotatable bonds is 3. The van der Waals surface area contributed by atoms with E-state index >= 15 is 0 Å². The lowest BCUT2D eigenvalue weighted by atomic mass is 10.2. The first-order valence-electron chi connectivity index (χ1n) is 5.41. The van der Waals surface area contributed by atoms with E-state index in [1.807, 2.05) is 7.05 Å². The quantitative estimate of drug-likeness (QED) is 0.892. The molecule has 1 N–H and O–H groups in total. The van der Waals surface area contributed by atoms with Crippen LogP contribution in [-0.2, 0) is 18.3 Å². The second kappa shape index (κ2) is 5.00. The van der Waals surface area contributed by atoms with Crippen LogP contribution >= 0.6 is 0 Å². The SMILES string of the molecule is Cn1ccc(CC(=O)Nc2c(F)cccc2F)c1. The molecule has 0 radical (unpaired) electrons. The Morgan fingerprint density at radius 3 is 2.50 bits per heavy atom. The van der Waals surface area contributed by atoms with Gasteiger partial charge in [-0.1, -0.05) is 6.07 Å². The number of halogens is 2. The Hall–Kier alpha value is -2.17. The molecule has 0 fully saturated rings. The number of nitrogens with zero attached hydrogens (tertiary/aromatic N) is 1. The summed E-state index contributed by atoms with van der Waals surface area (Å²) in [4.78, 5) is 11.6. The number of hydrogen-bond acceptors (Lipinski definition) is 1. The fourth-order valence-electron chi connectivity index (χ4n) is 1.65. The van der Waals surface area contributed by atoms with Crippen molar-refractivity contribution in [3.8, 4) is 0 Å². The van der Waals surface area contributed by atoms with E-state index in [9.17, 15) is 13.6 Å². The van der Waals surface area contributed by atoms with Gasteiger partial charge in [0, 0.05) is 19.4 Å². The molecule has 0 bridgehead atoms. The second-order valence-corrected chi connectivity index (χ2v) is 4.01. The molecule has 18 heavy (non-hydrogen) atoms. The van der Waals surface area contributed by atoms with Crippen LogP contribution in [0.4, 0.5) is 14.5 Å². The van der Waals surface area contributed by atoms with Crippen LogP contribution in [0.15, 0.2) is 36.7 Å². The zero-order valence-corrected chi connectivity index (χ0v) is 9.78. The van der Waals surface area contributed by atoms with Crippen molar-refractivity contribution >= 4 is 11.6 Å². The molecule has 0 aliphatic carbocycles. The molecule has 0 saturated heterocycles. The molecule has 0 saturated carbocycles. The lowest BCUT2D eigenvalue weighted by molar-refractivity contribution is -0.115. The first-order chi connectivity index (χ1) is 8.56. The van der Waals surface area contributed by atoms with Gasteiger partial charge >= 0.3 is 0 Å². The van der Waals surface area contributed by atoms with Crippen molar-refractivity contribution in [2.75, 3.05) is 5.32 Å². The third-order valence-electron chi connectivity index (χ3n) is 2.49. The van der Waals surface area contributed by atoms with Gasteiger partial charge in [-0.25, -0.2) is 8.78 Å². The Morgan fingerprint density at radius 2 is 1.94 bits per heavy atom. The molecule has 0 aliphatic heterocycles. The molecule has 2 aromatic rings. The molecular formula is C13H12F2N2O. The molecular weight excluding hydrogens is 238 g/mol. The summed E-state index contributed by atoms with van der Waals surface area (Å²) in [6.07, 6.45) is 3.65. The third kappa shape index (κ3) is 2.74. The van der Waals surface area contributed by atoms with E-state index < -0.39 is 23.2 Å². The summed E-state index contributed by atoms with van der Waals surface area (Å²) in [7, 11) is 1.83. The Balaban J connectivity index is 2.08. The van der Waals surface area contributed by atoms with Crippen molar-refractivity contribution < 1.29 is 13.6 Å². The van der Waals surface area contributed by atoms with E-state index in [1.54, 1.807) is 23.0 Å². The Morgan fingerprint density at radius 1 is 1.28 bits per heavy atom. The summed E-state index contributed by atoms with van der Waals surface area (Å²) in [5, 5.41) is 2.24. The van der Waals surface area contributed by atoms with Crippen molar-refractivity contribution in [2.24, 2.45) is 7.05 Å². The summed E-state index contributed by atoms with van der Waals surface area (Å²) in [5.74, 6) is -2.02. The zero-order chi connectivity index (χ0) is 13.1. The van der Waals surface area contributed by atoms with Crippen molar-refractivity contribution in [3.05, 3.63) is 53.9 Å². The number of nitrogens with one attached hydrogen (secondary N) is 1. The normalized spacial score (nSPS) is 10.4. The number of anilines is 1. The van der Waals surface area contributed by atoms with Gasteiger partial charge in [0.15, 0.2) is 0 Å². The molecule has 0 aliphatic rings. The first kappa shape index (κ1) is 12.3. The topological polar surface area (TPSA) is 34.0 Å². The number of benzene rings is 1. The van der Waals surface area contributed by atoms with Crippen LogP contribution in [0.5, 0.6) is 0 Å². The summed E-state index contributed by atoms with van der Waals surface area (Å²) >= 11 is 0. The highest BCUT2D eigenvalue weighted by atomic mass is 19.1. The number of carbonyl (C=O) groups excluding carboxylic acids is 1. The second-order valence-electron chi connectivity index (χ2n) is 4.01. The highest BCUT2D eigenvalue weighted by Gasteiger charge is 2.12. The molecule has 0 unspecified atom stereocenters. The number of aryl methyl sites for hydroxylation is 1. The van der Waals surface area contributed by atoms with E-state index in [2.05, 4.69) is 5.32 Å². The first-order valence-corrected chi connectivity index (χ1v) is 5.41. The molecule has 1 aromatic heterocycles. The van der Waals surface area contributed by atoms with Crippen molar-refractivity contribution in [2.45, 2.75) is 6.42 Å². The summed E-state index contributed by atoms with van der Waals surface area (Å²) in [5.41, 5.74) is 0.380. The molecule has 3 nitrogen and oxygen atoms in total. The number of aromatic nitrogens is 1. The molecule has 0 atom stereocenters. The maximum Gasteiger partial charge on any atom is 0.229 e. The van der Waals surface area contributed by atoms with E-state index in [-0.39, 0.29) is 6.42 Å². The minimum Gasteiger partial charge on any atom is -0.357 e. The van der Waals surface area contributed by atoms with E-state index in [4.69, 9.17) is 0 Å². The highest BCUT2D eigenvalue weighted by molar-refractivity contribution is 5.92. The molecule has 0 spiro atoms. The summed E-state index contributed by atoms with van der Waals surface area (Å²) < 4.78 is 28.4. The zero-order valence-electron chi connectivity index (χ0n) is 9.78. The minimum atomic E-state index is -0.781. The molecule has 5 heteroatoms. The average Bonchev–Trinajstić information content (AvgIpc) is 2.69. The fourth-order valence-corrected chi connectivity index (χ4v) is 1.65. The Kier molecular flexibility index (Phi) is 3.41. The van der Waals surface area contributed by atoms with E-state index in [0.29, 0.717) is 0 Å². The van der Waals surface area contributed by atoms with Gasteiger partial charge in [-0.15, -0.1) is 0 Å². The summed E-state index contributed by atoms with van der Waals surface area (Å²) in [6, 6.07) is 5.22. The van der Waals surface area contributed by atoms with Crippen LogP contribution in [0, 0.1) is 11.6 Å². The number of hydrogen-bond donors (Lipinski definition) is 1. The van der Waals surface area contributed by atoms with Gasteiger partial charge in [0.05, 0.1) is 6.42 Å². The van der Waals surface area contributed by atoms with Gasteiger partial charge in [0.1, 0.15) is 17.3 Å². The van der Waals surface area contributed by atoms with Crippen LogP contribution in [-0.4, -0.2) is 10.5 Å². The maximum absolute atomic E-state index is 13.3. The lowest BCUT2D eigenvalue weighted by Gasteiger charge is -2.06. The van der Waals surface area contributed by atoms with E-state index in [0.717, 1.165) is 17.7 Å². The molecule has 1 aromatic carbocycles. The lowest BCUT2D eigenvalue weighted by Crippen LogP contribution is -2.16. The molecule has 1 amide bonds. The van der Waals surface area contributed by atoms with Crippen molar-refractivity contribution in [1.29, 1.82) is 0 Å². The van der Waals surface area contributed by atoms with Gasteiger partial charge < -0.3 is 9.88 Å².